The molecule has 0 radical (unpaired) electrons. The molecule has 0 saturated carbocycles. The second-order valence-electron chi connectivity index (χ2n) is 7.80. The molecule has 0 bridgehead atoms. The van der Waals surface area contributed by atoms with Crippen LogP contribution in [0.25, 0.3) is 22.0 Å². The highest BCUT2D eigenvalue weighted by atomic mass is 16.7. The summed E-state index contributed by atoms with van der Waals surface area (Å²) in [6.07, 6.45) is 1.01. The van der Waals surface area contributed by atoms with Crippen LogP contribution in [0, 0.1) is 0 Å². The maximum absolute atomic E-state index is 12.8. The fourth-order valence-electron chi connectivity index (χ4n) is 4.33. The smallest absolute Gasteiger partial charge is 0.456 e. The van der Waals surface area contributed by atoms with Crippen LogP contribution in [0.4, 0.5) is 4.79 Å². The highest BCUT2D eigenvalue weighted by Gasteiger charge is 2.41. The van der Waals surface area contributed by atoms with Gasteiger partial charge < -0.3 is 19.5 Å². The Morgan fingerprint density at radius 2 is 1.97 bits per heavy atom. The zero-order valence-electron chi connectivity index (χ0n) is 18.3. The minimum absolute atomic E-state index is 0.146. The summed E-state index contributed by atoms with van der Waals surface area (Å²) in [6.45, 7) is 3.83. The van der Waals surface area contributed by atoms with Crippen molar-refractivity contribution in [2.24, 2.45) is 0 Å². The van der Waals surface area contributed by atoms with Crippen LogP contribution in [0.1, 0.15) is 25.3 Å². The first-order valence-corrected chi connectivity index (χ1v) is 10.7. The summed E-state index contributed by atoms with van der Waals surface area (Å²) in [6, 6.07) is 17.7. The minimum Gasteiger partial charge on any atom is -0.456 e. The average molecular weight is 442 g/mol. The number of ether oxygens (including phenoxy) is 3. The fourth-order valence-corrected chi connectivity index (χ4v) is 4.33. The number of pyridine rings is 1. The van der Waals surface area contributed by atoms with Gasteiger partial charge in [-0.05, 0) is 37.1 Å². The molecule has 0 fully saturated rings. The third kappa shape index (κ3) is 3.71. The van der Waals surface area contributed by atoms with Crippen LogP contribution < -0.4 is 5.32 Å². The van der Waals surface area contributed by atoms with Crippen LogP contribution in [0.2, 0.25) is 0 Å². The first-order chi connectivity index (χ1) is 16.1. The van der Waals surface area contributed by atoms with Gasteiger partial charge >= 0.3 is 12.1 Å². The fraction of sp³-hybridized carbons (Fsp3) is 0.192. The summed E-state index contributed by atoms with van der Waals surface area (Å²) < 4.78 is 16.0. The number of allylic oxidation sites excluding steroid dienone is 2. The standard InChI is InChI=1S/C26H22N2O5/c1-3-31-26(30)33-24-15(2)28-21-14-32-25(29)23(21)22(24)18-10-7-11-20-19(18)12-17(13-27-20)16-8-5-4-6-9-16/h4-13,22,28H,3,14H2,1-2H3. The molecule has 7 nitrogen and oxygen atoms in total. The molecule has 0 amide bonds. The molecular formula is C26H22N2O5. The van der Waals surface area contributed by atoms with Gasteiger partial charge in [-0.2, -0.15) is 0 Å². The number of rotatable bonds is 4. The number of esters is 1. The number of cyclic esters (lactones) is 1. The van der Waals surface area contributed by atoms with E-state index in [0.29, 0.717) is 22.7 Å². The second kappa shape index (κ2) is 8.43. The van der Waals surface area contributed by atoms with Crippen molar-refractivity contribution in [1.82, 2.24) is 10.3 Å². The van der Waals surface area contributed by atoms with Gasteiger partial charge in [0.1, 0.15) is 12.4 Å². The lowest BCUT2D eigenvalue weighted by atomic mass is 9.83. The van der Waals surface area contributed by atoms with Gasteiger partial charge in [0.25, 0.3) is 0 Å². The summed E-state index contributed by atoms with van der Waals surface area (Å²) in [4.78, 5) is 29.7. The summed E-state index contributed by atoms with van der Waals surface area (Å²) in [5.74, 6) is -0.773. The van der Waals surface area contributed by atoms with Gasteiger partial charge in [0.15, 0.2) is 0 Å². The van der Waals surface area contributed by atoms with E-state index >= 15 is 0 Å². The number of nitrogens with zero attached hydrogens (tertiary/aromatic N) is 1. The Bertz CT molecular complexity index is 1330. The Balaban J connectivity index is 1.70. The monoisotopic (exact) mass is 442 g/mol. The average Bonchev–Trinajstić information content (AvgIpc) is 3.19. The molecule has 2 aliphatic heterocycles. The molecule has 1 atom stereocenters. The van der Waals surface area contributed by atoms with Crippen LogP contribution in [0.3, 0.4) is 0 Å². The van der Waals surface area contributed by atoms with Gasteiger partial charge in [-0.15, -0.1) is 0 Å². The number of carbonyl (C=O) groups excluding carboxylic acids is 2. The summed E-state index contributed by atoms with van der Waals surface area (Å²) >= 11 is 0. The topological polar surface area (TPSA) is 86.8 Å². The van der Waals surface area contributed by atoms with Gasteiger partial charge in [0.05, 0.1) is 35.0 Å². The number of carbonyl (C=O) groups is 2. The molecule has 166 valence electrons. The molecule has 0 saturated heterocycles. The van der Waals surface area contributed by atoms with E-state index in [2.05, 4.69) is 10.3 Å². The largest absolute Gasteiger partial charge is 0.513 e. The summed E-state index contributed by atoms with van der Waals surface area (Å²) in [5, 5.41) is 4.01. The van der Waals surface area contributed by atoms with E-state index in [1.165, 1.54) is 0 Å². The number of nitrogens with one attached hydrogen (secondary N) is 1. The van der Waals surface area contributed by atoms with E-state index in [-0.39, 0.29) is 13.2 Å². The van der Waals surface area contributed by atoms with Crippen LogP contribution >= 0.6 is 0 Å². The molecular weight excluding hydrogens is 420 g/mol. The maximum atomic E-state index is 12.8. The predicted molar refractivity (Wildman–Crippen MR) is 122 cm³/mol. The van der Waals surface area contributed by atoms with E-state index in [4.69, 9.17) is 14.2 Å². The number of hydrogen-bond donors (Lipinski definition) is 1. The lowest BCUT2D eigenvalue weighted by Gasteiger charge is -2.28. The Morgan fingerprint density at radius 3 is 2.76 bits per heavy atom. The van der Waals surface area contributed by atoms with Gasteiger partial charge in [-0.25, -0.2) is 9.59 Å². The van der Waals surface area contributed by atoms with Crippen molar-refractivity contribution in [3.63, 3.8) is 0 Å². The molecule has 33 heavy (non-hydrogen) atoms. The molecule has 3 aromatic rings. The molecule has 7 heteroatoms. The van der Waals surface area contributed by atoms with Crippen LogP contribution in [0.15, 0.2) is 83.5 Å². The summed E-state index contributed by atoms with van der Waals surface area (Å²) in [7, 11) is 0. The van der Waals surface area contributed by atoms with Crippen LogP contribution in [0.5, 0.6) is 0 Å². The SMILES string of the molecule is CCOC(=O)OC1=C(C)NC2=C(C(=O)OC2)C1c1cccc2ncc(-c3ccccc3)cc12. The Hall–Kier alpha value is -4.13. The van der Waals surface area contributed by atoms with Crippen molar-refractivity contribution < 1.29 is 23.8 Å². The van der Waals surface area contributed by atoms with Crippen molar-refractivity contribution in [2.75, 3.05) is 13.2 Å². The zero-order chi connectivity index (χ0) is 22.9. The van der Waals surface area contributed by atoms with E-state index < -0.39 is 18.0 Å². The van der Waals surface area contributed by atoms with Gasteiger partial charge in [-0.1, -0.05) is 42.5 Å². The third-order valence-corrected chi connectivity index (χ3v) is 5.78. The van der Waals surface area contributed by atoms with E-state index in [9.17, 15) is 9.59 Å². The van der Waals surface area contributed by atoms with Crippen molar-refractivity contribution in [3.05, 3.63) is 89.1 Å². The molecule has 2 aromatic carbocycles. The Kier molecular flexibility index (Phi) is 5.30. The summed E-state index contributed by atoms with van der Waals surface area (Å²) in [5.41, 5.74) is 5.26. The number of fused-ring (bicyclic) bond motifs is 1. The molecule has 0 spiro atoms. The third-order valence-electron chi connectivity index (χ3n) is 5.78. The molecule has 5 rings (SSSR count). The second-order valence-corrected chi connectivity index (χ2v) is 7.80. The zero-order valence-corrected chi connectivity index (χ0v) is 18.3. The van der Waals surface area contributed by atoms with Gasteiger partial charge in [0, 0.05) is 17.1 Å². The highest BCUT2D eigenvalue weighted by molar-refractivity contribution is 5.97. The lowest BCUT2D eigenvalue weighted by Crippen LogP contribution is -2.28. The number of dihydropyridines is 1. The van der Waals surface area contributed by atoms with Crippen LogP contribution in [-0.4, -0.2) is 30.3 Å². The van der Waals surface area contributed by atoms with Crippen molar-refractivity contribution in [2.45, 2.75) is 19.8 Å². The first-order valence-electron chi connectivity index (χ1n) is 10.7. The molecule has 2 aliphatic rings. The number of hydrogen-bond acceptors (Lipinski definition) is 7. The lowest BCUT2D eigenvalue weighted by molar-refractivity contribution is -0.136. The predicted octanol–water partition coefficient (Wildman–Crippen LogP) is 4.80. The maximum Gasteiger partial charge on any atom is 0.513 e. The van der Waals surface area contributed by atoms with Crippen molar-refractivity contribution in [3.8, 4) is 11.1 Å². The number of benzene rings is 2. The Labute approximate surface area is 190 Å². The molecule has 0 aliphatic carbocycles. The van der Waals surface area contributed by atoms with Crippen molar-refractivity contribution >= 4 is 23.0 Å². The normalized spacial score (nSPS) is 17.5. The quantitative estimate of drug-likeness (QED) is 0.581. The Morgan fingerprint density at radius 1 is 1.15 bits per heavy atom. The van der Waals surface area contributed by atoms with Crippen molar-refractivity contribution in [1.29, 1.82) is 0 Å². The van der Waals surface area contributed by atoms with E-state index in [1.54, 1.807) is 13.8 Å². The first kappa shape index (κ1) is 20.8. The molecule has 1 aromatic heterocycles. The van der Waals surface area contributed by atoms with Gasteiger partial charge in [-0.3, -0.25) is 4.98 Å². The van der Waals surface area contributed by atoms with E-state index in [0.717, 1.165) is 27.6 Å². The van der Waals surface area contributed by atoms with Gasteiger partial charge in [0.2, 0.25) is 0 Å². The molecule has 1 unspecified atom stereocenters. The molecule has 1 N–H and O–H groups in total. The van der Waals surface area contributed by atoms with Crippen LogP contribution in [-0.2, 0) is 19.0 Å². The number of aromatic nitrogens is 1. The minimum atomic E-state index is -0.822. The highest BCUT2D eigenvalue weighted by Crippen LogP contribution is 2.44. The molecule has 3 heterocycles. The van der Waals surface area contributed by atoms with E-state index in [1.807, 2.05) is 60.8 Å².